The number of nitrogens with two attached hydrogens (primary N) is 1. The molecule has 1 spiro atoms. The molecule has 1 aliphatic carbocycles. The standard InChI is InChI=1S/C20H27N3O3/c1-19(2,3)17(24)22-12-8-9-16-14(10-12)20(11-25-18(21)23-20)13-6-4-5-7-15(13)26-16/h4-7,12,14,16H,8-11H2,1-3H3,(H2,21,23)(H,22,24). The van der Waals surface area contributed by atoms with Gasteiger partial charge >= 0.3 is 0 Å². The number of para-hydroxylation sites is 1. The second-order valence-electron chi connectivity index (χ2n) is 8.66. The third-order valence-corrected chi connectivity index (χ3v) is 5.80. The lowest BCUT2D eigenvalue weighted by Gasteiger charge is -2.48. The van der Waals surface area contributed by atoms with Gasteiger partial charge in [-0.2, -0.15) is 0 Å². The average molecular weight is 357 g/mol. The first-order chi connectivity index (χ1) is 12.3. The van der Waals surface area contributed by atoms with E-state index in [1.807, 2.05) is 45.0 Å². The van der Waals surface area contributed by atoms with E-state index in [0.29, 0.717) is 6.61 Å². The van der Waals surface area contributed by atoms with Gasteiger partial charge in [0.2, 0.25) is 5.91 Å². The number of nitrogens with zero attached hydrogens (tertiary/aromatic N) is 1. The number of aliphatic imine (C=N–C) groups is 1. The van der Waals surface area contributed by atoms with E-state index in [4.69, 9.17) is 20.2 Å². The van der Waals surface area contributed by atoms with Gasteiger partial charge in [-0.25, -0.2) is 4.99 Å². The topological polar surface area (TPSA) is 85.9 Å². The lowest BCUT2D eigenvalue weighted by molar-refractivity contribution is -0.130. The number of hydrogen-bond donors (Lipinski definition) is 2. The van der Waals surface area contributed by atoms with Crippen molar-refractivity contribution in [2.24, 2.45) is 22.1 Å². The zero-order valence-electron chi connectivity index (χ0n) is 15.6. The highest BCUT2D eigenvalue weighted by atomic mass is 16.5. The molecule has 0 aromatic heterocycles. The van der Waals surface area contributed by atoms with Crippen LogP contribution in [0.2, 0.25) is 0 Å². The largest absolute Gasteiger partial charge is 0.490 e. The summed E-state index contributed by atoms with van der Waals surface area (Å²) in [6.45, 7) is 6.24. The Morgan fingerprint density at radius 3 is 2.77 bits per heavy atom. The molecular formula is C20H27N3O3. The molecule has 26 heavy (non-hydrogen) atoms. The molecule has 0 bridgehead atoms. The Bertz CT molecular complexity index is 755. The first-order valence-electron chi connectivity index (χ1n) is 9.35. The van der Waals surface area contributed by atoms with Gasteiger partial charge in [-0.1, -0.05) is 39.0 Å². The molecule has 2 heterocycles. The van der Waals surface area contributed by atoms with Gasteiger partial charge in [0.25, 0.3) is 6.02 Å². The van der Waals surface area contributed by atoms with Crippen LogP contribution in [0.1, 0.15) is 45.6 Å². The third kappa shape index (κ3) is 2.72. The van der Waals surface area contributed by atoms with Crippen LogP contribution < -0.4 is 15.8 Å². The molecule has 0 saturated heterocycles. The predicted octanol–water partition coefficient (Wildman–Crippen LogP) is 2.32. The Kier molecular flexibility index (Phi) is 3.90. The number of carbonyl (C=O) groups excluding carboxylic acids is 1. The molecule has 6 heteroatoms. The fourth-order valence-corrected chi connectivity index (χ4v) is 4.38. The molecular weight excluding hydrogens is 330 g/mol. The minimum atomic E-state index is -0.519. The number of rotatable bonds is 1. The molecule has 4 atom stereocenters. The summed E-state index contributed by atoms with van der Waals surface area (Å²) >= 11 is 0. The summed E-state index contributed by atoms with van der Waals surface area (Å²) < 4.78 is 11.9. The molecule has 2 aliphatic heterocycles. The highest BCUT2D eigenvalue weighted by Gasteiger charge is 2.55. The molecule has 6 nitrogen and oxygen atoms in total. The second-order valence-corrected chi connectivity index (χ2v) is 8.66. The van der Waals surface area contributed by atoms with Crippen LogP contribution in [0.5, 0.6) is 5.75 Å². The number of amidine groups is 1. The van der Waals surface area contributed by atoms with Gasteiger partial charge in [-0.15, -0.1) is 0 Å². The Labute approximate surface area is 154 Å². The molecule has 3 aliphatic rings. The molecule has 3 N–H and O–H groups in total. The number of fused-ring (bicyclic) bond motifs is 4. The van der Waals surface area contributed by atoms with Crippen LogP contribution in [0.25, 0.3) is 0 Å². The first kappa shape index (κ1) is 17.2. The van der Waals surface area contributed by atoms with E-state index in [1.54, 1.807) is 0 Å². The number of nitrogens with one attached hydrogen (secondary N) is 1. The number of carbonyl (C=O) groups is 1. The Balaban J connectivity index is 1.65. The zero-order chi connectivity index (χ0) is 18.5. The molecule has 4 rings (SSSR count). The van der Waals surface area contributed by atoms with Crippen molar-refractivity contribution in [1.29, 1.82) is 0 Å². The van der Waals surface area contributed by atoms with Crippen LogP contribution >= 0.6 is 0 Å². The van der Waals surface area contributed by atoms with E-state index < -0.39 is 11.0 Å². The highest BCUT2D eigenvalue weighted by molar-refractivity contribution is 5.81. The first-order valence-corrected chi connectivity index (χ1v) is 9.35. The molecule has 140 valence electrons. The summed E-state index contributed by atoms with van der Waals surface area (Å²) in [4.78, 5) is 17.2. The second kappa shape index (κ2) is 5.89. The van der Waals surface area contributed by atoms with E-state index in [0.717, 1.165) is 30.6 Å². The lowest BCUT2D eigenvalue weighted by atomic mass is 9.67. The van der Waals surface area contributed by atoms with E-state index in [9.17, 15) is 4.79 Å². The SMILES string of the molecule is CC(C)(C)C(=O)NC1CCC2Oc3ccccc3C3(COC(N)=N3)C2C1. The summed E-state index contributed by atoms with van der Waals surface area (Å²) in [5, 5.41) is 3.22. The van der Waals surface area contributed by atoms with E-state index >= 15 is 0 Å². The fraction of sp³-hybridized carbons (Fsp3) is 0.600. The Hall–Kier alpha value is -2.24. The van der Waals surface area contributed by atoms with Crippen LogP contribution in [0.4, 0.5) is 0 Å². The molecule has 4 unspecified atom stereocenters. The summed E-state index contributed by atoms with van der Waals surface area (Å²) in [7, 11) is 0. The minimum Gasteiger partial charge on any atom is -0.490 e. The molecule has 1 aromatic carbocycles. The van der Waals surface area contributed by atoms with Crippen LogP contribution in [0.15, 0.2) is 29.3 Å². The van der Waals surface area contributed by atoms with Crippen molar-refractivity contribution in [2.75, 3.05) is 6.61 Å². The van der Waals surface area contributed by atoms with E-state index in [1.165, 1.54) is 0 Å². The fourth-order valence-electron chi connectivity index (χ4n) is 4.38. The molecule has 1 fully saturated rings. The van der Waals surface area contributed by atoms with Gasteiger partial charge in [-0.3, -0.25) is 4.79 Å². The quantitative estimate of drug-likeness (QED) is 0.808. The van der Waals surface area contributed by atoms with Crippen molar-refractivity contribution < 1.29 is 14.3 Å². The van der Waals surface area contributed by atoms with E-state index in [2.05, 4.69) is 5.32 Å². The van der Waals surface area contributed by atoms with E-state index in [-0.39, 0.29) is 30.0 Å². The predicted molar refractivity (Wildman–Crippen MR) is 98.8 cm³/mol. The van der Waals surface area contributed by atoms with Gasteiger partial charge in [0, 0.05) is 22.9 Å². The van der Waals surface area contributed by atoms with Crippen LogP contribution in [-0.4, -0.2) is 30.7 Å². The minimum absolute atomic E-state index is 0.0611. The van der Waals surface area contributed by atoms with Gasteiger partial charge in [-0.05, 0) is 25.3 Å². The Morgan fingerprint density at radius 2 is 2.08 bits per heavy atom. The monoisotopic (exact) mass is 357 g/mol. The highest BCUT2D eigenvalue weighted by Crippen LogP contribution is 2.52. The summed E-state index contributed by atoms with van der Waals surface area (Å²) in [6.07, 6.45) is 2.65. The number of benzene rings is 1. The zero-order valence-corrected chi connectivity index (χ0v) is 15.6. The number of hydrogen-bond acceptors (Lipinski definition) is 5. The summed E-state index contributed by atoms with van der Waals surface area (Å²) in [5.74, 6) is 1.07. The molecule has 1 saturated carbocycles. The van der Waals surface area contributed by atoms with Gasteiger partial charge in [0.15, 0.2) is 0 Å². The van der Waals surface area contributed by atoms with Crippen molar-refractivity contribution >= 4 is 11.9 Å². The van der Waals surface area contributed by atoms with Crippen molar-refractivity contribution in [3.05, 3.63) is 29.8 Å². The van der Waals surface area contributed by atoms with Crippen molar-refractivity contribution in [2.45, 2.75) is 57.7 Å². The Morgan fingerprint density at radius 1 is 1.31 bits per heavy atom. The van der Waals surface area contributed by atoms with Gasteiger partial charge < -0.3 is 20.5 Å². The van der Waals surface area contributed by atoms with Crippen molar-refractivity contribution in [3.63, 3.8) is 0 Å². The molecule has 1 aromatic rings. The summed E-state index contributed by atoms with van der Waals surface area (Å²) in [5.41, 5.74) is 6.02. The van der Waals surface area contributed by atoms with Crippen LogP contribution in [-0.2, 0) is 15.1 Å². The lowest BCUT2D eigenvalue weighted by Crippen LogP contribution is -2.55. The van der Waals surface area contributed by atoms with Crippen LogP contribution in [0, 0.1) is 11.3 Å². The van der Waals surface area contributed by atoms with Crippen molar-refractivity contribution in [1.82, 2.24) is 5.32 Å². The maximum Gasteiger partial charge on any atom is 0.283 e. The van der Waals surface area contributed by atoms with Crippen LogP contribution in [0.3, 0.4) is 0 Å². The average Bonchev–Trinajstić information content (AvgIpc) is 2.98. The van der Waals surface area contributed by atoms with Gasteiger partial charge in [0.05, 0.1) is 0 Å². The number of amides is 1. The smallest absolute Gasteiger partial charge is 0.283 e. The summed E-state index contributed by atoms with van der Waals surface area (Å²) in [6, 6.07) is 8.37. The van der Waals surface area contributed by atoms with Gasteiger partial charge in [0.1, 0.15) is 24.0 Å². The number of ether oxygens (including phenoxy) is 2. The normalized spacial score (nSPS) is 32.7. The third-order valence-electron chi connectivity index (χ3n) is 5.80. The maximum atomic E-state index is 12.4. The van der Waals surface area contributed by atoms with Crippen molar-refractivity contribution in [3.8, 4) is 5.75 Å². The molecule has 1 amide bonds. The molecule has 0 radical (unpaired) electrons. The maximum absolute atomic E-state index is 12.4.